The van der Waals surface area contributed by atoms with Crippen LogP contribution in [0.5, 0.6) is 0 Å². The van der Waals surface area contributed by atoms with Crippen LogP contribution in [0.4, 0.5) is 23.0 Å². The lowest BCUT2D eigenvalue weighted by atomic mass is 10.1. The molecule has 158 valence electrons. The van der Waals surface area contributed by atoms with Crippen LogP contribution in [-0.2, 0) is 14.4 Å². The number of alkyl halides is 3. The average molecular weight is 431 g/mol. The Morgan fingerprint density at radius 3 is 2.45 bits per heavy atom. The number of ether oxygens (including phenoxy) is 1. The lowest BCUT2D eigenvalue weighted by molar-refractivity contribution is -0.136. The maximum absolute atomic E-state index is 12.9. The van der Waals surface area contributed by atoms with Gasteiger partial charge in [-0.1, -0.05) is 5.16 Å². The molecule has 3 heterocycles. The lowest BCUT2D eigenvalue weighted by Gasteiger charge is -2.36. The molecule has 2 aliphatic heterocycles. The summed E-state index contributed by atoms with van der Waals surface area (Å²) in [5.74, 6) is -1.13. The van der Waals surface area contributed by atoms with Crippen LogP contribution in [0.3, 0.4) is 0 Å². The van der Waals surface area contributed by atoms with Gasteiger partial charge in [0.25, 0.3) is 0 Å². The van der Waals surface area contributed by atoms with E-state index >= 15 is 0 Å². The summed E-state index contributed by atoms with van der Waals surface area (Å²) >= 11 is 1.25. The fraction of sp³-hybridized carbons (Fsp3) is 0.500. The summed E-state index contributed by atoms with van der Waals surface area (Å²) < 4.78 is 44.2. The van der Waals surface area contributed by atoms with E-state index in [1.54, 1.807) is 37.8 Å². The summed E-state index contributed by atoms with van der Waals surface area (Å²) in [6.07, 6.45) is -4.00. The number of piperazine rings is 1. The molecule has 7 nitrogen and oxygen atoms in total. The zero-order valence-corrected chi connectivity index (χ0v) is 16.9. The summed E-state index contributed by atoms with van der Waals surface area (Å²) in [4.78, 5) is 32.0. The molecule has 0 aromatic carbocycles. The third-order valence-electron chi connectivity index (χ3n) is 4.11. The van der Waals surface area contributed by atoms with Gasteiger partial charge in [-0.2, -0.15) is 13.2 Å². The minimum atomic E-state index is -4.77. The molecule has 1 fully saturated rings. The maximum Gasteiger partial charge on any atom is 0.437 e. The Kier molecular flexibility index (Phi) is 5.61. The van der Waals surface area contributed by atoms with Crippen molar-refractivity contribution in [2.45, 2.75) is 32.5 Å². The molecule has 3 rings (SSSR count). The number of nitrogens with zero attached hydrogens (tertiary/aromatic N) is 3. The van der Waals surface area contributed by atoms with Crippen molar-refractivity contribution in [3.8, 4) is 0 Å². The van der Waals surface area contributed by atoms with Crippen molar-refractivity contribution in [2.24, 2.45) is 5.16 Å². The molecular formula is C18H20F3N3O4S. The van der Waals surface area contributed by atoms with E-state index in [9.17, 15) is 22.8 Å². The second-order valence-corrected chi connectivity index (χ2v) is 8.60. The molecule has 1 amide bonds. The van der Waals surface area contributed by atoms with Crippen molar-refractivity contribution >= 4 is 40.2 Å². The molecule has 0 aliphatic carbocycles. The molecule has 1 aromatic rings. The normalized spacial score (nSPS) is 19.4. The fourth-order valence-electron chi connectivity index (χ4n) is 2.78. The summed E-state index contributed by atoms with van der Waals surface area (Å²) in [5, 5.41) is 3.66. The number of anilines is 1. The van der Waals surface area contributed by atoms with Crippen molar-refractivity contribution < 1.29 is 32.3 Å². The molecule has 2 aliphatic rings. The predicted molar refractivity (Wildman–Crippen MR) is 102 cm³/mol. The molecule has 1 saturated heterocycles. The SMILES string of the molecule is CC(C)(C)OC(=O)N1CCN(c2ccc(C=C3C(=O)ON=C3C(F)(F)F)s2)CC1. The van der Waals surface area contributed by atoms with Gasteiger partial charge in [-0.05, 0) is 39.0 Å². The highest BCUT2D eigenvalue weighted by atomic mass is 32.1. The van der Waals surface area contributed by atoms with Gasteiger partial charge in [0.2, 0.25) is 0 Å². The Labute approximate surface area is 169 Å². The number of amides is 1. The topological polar surface area (TPSA) is 71.4 Å². The van der Waals surface area contributed by atoms with E-state index in [4.69, 9.17) is 4.74 Å². The zero-order valence-electron chi connectivity index (χ0n) is 16.1. The van der Waals surface area contributed by atoms with Gasteiger partial charge >= 0.3 is 18.2 Å². The molecular weight excluding hydrogens is 411 g/mol. The number of hydrogen-bond donors (Lipinski definition) is 0. The Bertz CT molecular complexity index is 862. The van der Waals surface area contributed by atoms with E-state index < -0.39 is 29.0 Å². The van der Waals surface area contributed by atoms with Gasteiger partial charge in [0.05, 0.1) is 10.6 Å². The fourth-order valence-corrected chi connectivity index (χ4v) is 3.78. The van der Waals surface area contributed by atoms with E-state index in [1.165, 1.54) is 11.3 Å². The van der Waals surface area contributed by atoms with Crippen molar-refractivity contribution in [2.75, 3.05) is 31.1 Å². The number of carbonyl (C=O) groups excluding carboxylic acids is 2. The number of rotatable bonds is 2. The van der Waals surface area contributed by atoms with Crippen LogP contribution >= 0.6 is 11.3 Å². The highest BCUT2D eigenvalue weighted by Crippen LogP contribution is 2.32. The lowest BCUT2D eigenvalue weighted by Crippen LogP contribution is -2.49. The van der Waals surface area contributed by atoms with Crippen molar-refractivity contribution in [3.05, 3.63) is 22.6 Å². The van der Waals surface area contributed by atoms with E-state index in [-0.39, 0.29) is 6.09 Å². The number of carbonyl (C=O) groups is 2. The van der Waals surface area contributed by atoms with Gasteiger partial charge in [0.15, 0.2) is 5.71 Å². The number of oxime groups is 1. The second kappa shape index (κ2) is 7.69. The van der Waals surface area contributed by atoms with Gasteiger partial charge in [-0.3, -0.25) is 0 Å². The van der Waals surface area contributed by atoms with Gasteiger partial charge in [-0.15, -0.1) is 11.3 Å². The van der Waals surface area contributed by atoms with Gasteiger partial charge in [0.1, 0.15) is 5.60 Å². The summed E-state index contributed by atoms with van der Waals surface area (Å²) in [5.41, 5.74) is -2.51. The van der Waals surface area contributed by atoms with E-state index in [0.29, 0.717) is 31.1 Å². The smallest absolute Gasteiger partial charge is 0.437 e. The van der Waals surface area contributed by atoms with Crippen LogP contribution in [0.1, 0.15) is 25.6 Å². The molecule has 1 aromatic heterocycles. The largest absolute Gasteiger partial charge is 0.444 e. The maximum atomic E-state index is 12.9. The Hall–Kier alpha value is -2.56. The Morgan fingerprint density at radius 1 is 1.21 bits per heavy atom. The Balaban J connectivity index is 1.65. The summed E-state index contributed by atoms with van der Waals surface area (Å²) in [6, 6.07) is 3.40. The molecule has 0 atom stereocenters. The van der Waals surface area contributed by atoms with E-state index in [1.807, 2.05) is 4.90 Å². The van der Waals surface area contributed by atoms with Crippen molar-refractivity contribution in [1.82, 2.24) is 4.90 Å². The molecule has 0 unspecified atom stereocenters. The monoisotopic (exact) mass is 431 g/mol. The summed E-state index contributed by atoms with van der Waals surface area (Å²) in [6.45, 7) is 7.48. The first-order chi connectivity index (χ1) is 13.4. The third-order valence-corrected chi connectivity index (χ3v) is 5.20. The van der Waals surface area contributed by atoms with Crippen LogP contribution in [-0.4, -0.2) is 60.6 Å². The van der Waals surface area contributed by atoms with Crippen molar-refractivity contribution in [3.63, 3.8) is 0 Å². The van der Waals surface area contributed by atoms with Crippen LogP contribution in [0, 0.1) is 0 Å². The van der Waals surface area contributed by atoms with Crippen LogP contribution in [0.2, 0.25) is 0 Å². The quantitative estimate of drug-likeness (QED) is 0.528. The highest BCUT2D eigenvalue weighted by Gasteiger charge is 2.45. The van der Waals surface area contributed by atoms with Gasteiger partial charge < -0.3 is 19.4 Å². The molecule has 0 saturated carbocycles. The van der Waals surface area contributed by atoms with E-state index in [0.717, 1.165) is 11.1 Å². The van der Waals surface area contributed by atoms with Crippen LogP contribution in [0.25, 0.3) is 6.08 Å². The minimum Gasteiger partial charge on any atom is -0.444 e. The number of hydrogen-bond acceptors (Lipinski definition) is 7. The molecule has 0 bridgehead atoms. The predicted octanol–water partition coefficient (Wildman–Crippen LogP) is 3.66. The zero-order chi connectivity index (χ0) is 21.4. The third kappa shape index (κ3) is 5.08. The van der Waals surface area contributed by atoms with Gasteiger partial charge in [0, 0.05) is 31.1 Å². The summed E-state index contributed by atoms with van der Waals surface area (Å²) in [7, 11) is 0. The average Bonchev–Trinajstić information content (AvgIpc) is 3.21. The Morgan fingerprint density at radius 2 is 1.86 bits per heavy atom. The van der Waals surface area contributed by atoms with Crippen LogP contribution in [0.15, 0.2) is 22.9 Å². The number of thiophene rings is 1. The van der Waals surface area contributed by atoms with Gasteiger partial charge in [-0.25, -0.2) is 9.59 Å². The molecule has 0 N–H and O–H groups in total. The first kappa shape index (κ1) is 21.2. The molecule has 11 heteroatoms. The standard InChI is InChI=1S/C18H20F3N3O4S/c1-17(2,3)27-16(26)24-8-6-23(7-9-24)13-5-4-11(29-13)10-12-14(18(19,20)21)22-28-15(12)25/h4-5,10H,6-9H2,1-3H3. The molecule has 29 heavy (non-hydrogen) atoms. The van der Waals surface area contributed by atoms with E-state index in [2.05, 4.69) is 9.99 Å². The highest BCUT2D eigenvalue weighted by molar-refractivity contribution is 7.17. The molecule has 0 spiro atoms. The van der Waals surface area contributed by atoms with Crippen LogP contribution < -0.4 is 4.90 Å². The minimum absolute atomic E-state index is 0.368. The first-order valence-corrected chi connectivity index (χ1v) is 9.67. The first-order valence-electron chi connectivity index (χ1n) is 8.85. The van der Waals surface area contributed by atoms with Crippen molar-refractivity contribution in [1.29, 1.82) is 0 Å². The number of halogens is 3. The second-order valence-electron chi connectivity index (χ2n) is 7.50. The molecule has 0 radical (unpaired) electrons.